The molecule has 0 bridgehead atoms. The molecule has 0 aliphatic carbocycles. The van der Waals surface area contributed by atoms with E-state index in [1.807, 2.05) is 7.05 Å². The van der Waals surface area contributed by atoms with Crippen LogP contribution in [0.4, 0.5) is 18.9 Å². The number of nitrogens with one attached hydrogen (secondary N) is 1. The number of nitrogens with zero attached hydrogens (tertiary/aromatic N) is 1. The second-order valence-electron chi connectivity index (χ2n) is 5.37. The number of thiocarbonyl (C=S) groups is 1. The third-order valence-corrected chi connectivity index (χ3v) is 3.82. The molecule has 1 heterocycles. The number of nitrogens with two attached hydrogens (primary N) is 1. The molecule has 0 radical (unpaired) electrons. The Hall–Kier alpha value is -1.34. The standard InChI is InChI=1S/C14H18F3N3S/c1-20-6-2-3-10(8-20)19-12-5-4-9(14(15,16)17)7-11(12)13(18)21/h4-5,7,10,19H,2-3,6,8H2,1H3,(H2,18,21). The molecule has 3 nitrogen and oxygen atoms in total. The molecule has 1 aromatic rings. The van der Waals surface area contributed by atoms with Crippen molar-refractivity contribution >= 4 is 22.9 Å². The Labute approximate surface area is 127 Å². The third-order valence-electron chi connectivity index (χ3n) is 3.60. The monoisotopic (exact) mass is 317 g/mol. The molecule has 0 spiro atoms. The van der Waals surface area contributed by atoms with Gasteiger partial charge in [-0.3, -0.25) is 0 Å². The molecule has 7 heteroatoms. The van der Waals surface area contributed by atoms with Gasteiger partial charge in [0.1, 0.15) is 4.99 Å². The number of likely N-dealkylation sites (N-methyl/N-ethyl adjacent to an activating group) is 1. The highest BCUT2D eigenvalue weighted by atomic mass is 32.1. The van der Waals surface area contributed by atoms with E-state index in [0.717, 1.165) is 38.1 Å². The lowest BCUT2D eigenvalue weighted by Crippen LogP contribution is -2.40. The molecule has 1 unspecified atom stereocenters. The van der Waals surface area contributed by atoms with Gasteiger partial charge in [0, 0.05) is 23.8 Å². The molecule has 1 aliphatic heterocycles. The molecule has 2 rings (SSSR count). The van der Waals surface area contributed by atoms with Crippen LogP contribution in [0.2, 0.25) is 0 Å². The van der Waals surface area contributed by atoms with Crippen LogP contribution in [0.5, 0.6) is 0 Å². The van der Waals surface area contributed by atoms with E-state index in [-0.39, 0.29) is 16.6 Å². The molecule has 0 saturated carbocycles. The first-order valence-corrected chi connectivity index (χ1v) is 7.14. The summed E-state index contributed by atoms with van der Waals surface area (Å²) in [5, 5.41) is 3.26. The molecule has 3 N–H and O–H groups in total. The summed E-state index contributed by atoms with van der Waals surface area (Å²) in [6, 6.07) is 3.66. The maximum absolute atomic E-state index is 12.8. The van der Waals surface area contributed by atoms with Gasteiger partial charge in [-0.25, -0.2) is 0 Å². The topological polar surface area (TPSA) is 41.3 Å². The van der Waals surface area contributed by atoms with Gasteiger partial charge < -0.3 is 16.0 Å². The first-order chi connectivity index (χ1) is 9.77. The predicted molar refractivity (Wildman–Crippen MR) is 81.5 cm³/mol. The molecule has 0 aromatic heterocycles. The summed E-state index contributed by atoms with van der Waals surface area (Å²) in [7, 11) is 2.02. The Morgan fingerprint density at radius 2 is 2.14 bits per heavy atom. The van der Waals surface area contributed by atoms with Crippen LogP contribution < -0.4 is 11.1 Å². The minimum atomic E-state index is -4.40. The van der Waals surface area contributed by atoms with Gasteiger partial charge in [0.05, 0.1) is 5.56 Å². The third kappa shape index (κ3) is 4.07. The fraction of sp³-hybridized carbons (Fsp3) is 0.500. The van der Waals surface area contributed by atoms with Crippen molar-refractivity contribution in [1.82, 2.24) is 4.90 Å². The summed E-state index contributed by atoms with van der Waals surface area (Å²) < 4.78 is 38.3. The molecular weight excluding hydrogens is 299 g/mol. The van der Waals surface area contributed by atoms with Gasteiger partial charge in [-0.1, -0.05) is 12.2 Å². The number of likely N-dealkylation sites (tertiary alicyclic amines) is 1. The highest BCUT2D eigenvalue weighted by Crippen LogP contribution is 2.32. The summed E-state index contributed by atoms with van der Waals surface area (Å²) in [6.07, 6.45) is -2.37. The van der Waals surface area contributed by atoms with Crippen molar-refractivity contribution < 1.29 is 13.2 Å². The zero-order valence-electron chi connectivity index (χ0n) is 11.7. The van der Waals surface area contributed by atoms with Gasteiger partial charge in [-0.15, -0.1) is 0 Å². The average molecular weight is 317 g/mol. The van der Waals surface area contributed by atoms with Crippen molar-refractivity contribution in [3.05, 3.63) is 29.3 Å². The molecule has 1 saturated heterocycles. The quantitative estimate of drug-likeness (QED) is 0.841. The van der Waals surface area contributed by atoms with E-state index >= 15 is 0 Å². The lowest BCUT2D eigenvalue weighted by Gasteiger charge is -2.31. The van der Waals surface area contributed by atoms with Crippen molar-refractivity contribution in [2.24, 2.45) is 5.73 Å². The first-order valence-electron chi connectivity index (χ1n) is 6.73. The maximum atomic E-state index is 12.8. The van der Waals surface area contributed by atoms with Gasteiger partial charge >= 0.3 is 6.18 Å². The second-order valence-corrected chi connectivity index (χ2v) is 5.81. The second kappa shape index (κ2) is 6.19. The van der Waals surface area contributed by atoms with Crippen molar-refractivity contribution in [2.75, 3.05) is 25.5 Å². The average Bonchev–Trinajstić information content (AvgIpc) is 2.37. The van der Waals surface area contributed by atoms with Gasteiger partial charge in [-0.2, -0.15) is 13.2 Å². The van der Waals surface area contributed by atoms with Crippen LogP contribution in [0.15, 0.2) is 18.2 Å². The van der Waals surface area contributed by atoms with E-state index in [0.29, 0.717) is 5.69 Å². The van der Waals surface area contributed by atoms with Crippen molar-refractivity contribution in [3.8, 4) is 0 Å². The van der Waals surface area contributed by atoms with Crippen molar-refractivity contribution in [2.45, 2.75) is 25.1 Å². The molecule has 21 heavy (non-hydrogen) atoms. The summed E-state index contributed by atoms with van der Waals surface area (Å²) in [5.41, 5.74) is 5.64. The zero-order chi connectivity index (χ0) is 15.6. The van der Waals surface area contributed by atoms with Gasteiger partial charge in [0.2, 0.25) is 0 Å². The highest BCUT2D eigenvalue weighted by molar-refractivity contribution is 7.80. The Balaban J connectivity index is 2.24. The van der Waals surface area contributed by atoms with Crippen LogP contribution in [0.3, 0.4) is 0 Å². The lowest BCUT2D eigenvalue weighted by atomic mass is 10.0. The summed E-state index contributed by atoms with van der Waals surface area (Å²) in [6.45, 7) is 1.88. The molecule has 1 aliphatic rings. The number of hydrogen-bond donors (Lipinski definition) is 2. The van der Waals surface area contributed by atoms with Gasteiger partial charge in [0.15, 0.2) is 0 Å². The fourth-order valence-corrected chi connectivity index (χ4v) is 2.72. The fourth-order valence-electron chi connectivity index (χ4n) is 2.55. The zero-order valence-corrected chi connectivity index (χ0v) is 12.5. The van der Waals surface area contributed by atoms with Crippen LogP contribution in [0.25, 0.3) is 0 Å². The smallest absolute Gasteiger partial charge is 0.389 e. The van der Waals surface area contributed by atoms with Crippen LogP contribution >= 0.6 is 12.2 Å². The Kier molecular flexibility index (Phi) is 4.73. The number of halogens is 3. The van der Waals surface area contributed by atoms with Gasteiger partial charge in [-0.05, 0) is 44.6 Å². The number of rotatable bonds is 3. The van der Waals surface area contributed by atoms with E-state index in [9.17, 15) is 13.2 Å². The molecule has 1 atom stereocenters. The van der Waals surface area contributed by atoms with E-state index in [1.54, 1.807) is 0 Å². The number of piperidine rings is 1. The number of anilines is 1. The van der Waals surface area contributed by atoms with Crippen molar-refractivity contribution in [3.63, 3.8) is 0 Å². The molecule has 1 fully saturated rings. The maximum Gasteiger partial charge on any atom is 0.416 e. The van der Waals surface area contributed by atoms with Crippen molar-refractivity contribution in [1.29, 1.82) is 0 Å². The number of benzene rings is 1. The molecular formula is C14H18F3N3S. The largest absolute Gasteiger partial charge is 0.416 e. The van der Waals surface area contributed by atoms with Crippen LogP contribution in [-0.2, 0) is 6.18 Å². The molecule has 0 amide bonds. The van der Waals surface area contributed by atoms with Crippen LogP contribution in [0, 0.1) is 0 Å². The van der Waals surface area contributed by atoms with E-state index < -0.39 is 11.7 Å². The van der Waals surface area contributed by atoms with Gasteiger partial charge in [0.25, 0.3) is 0 Å². The minimum absolute atomic E-state index is 0.0345. The summed E-state index contributed by atoms with van der Waals surface area (Å²) >= 11 is 4.88. The van der Waals surface area contributed by atoms with E-state index in [4.69, 9.17) is 18.0 Å². The van der Waals surface area contributed by atoms with Crippen LogP contribution in [0.1, 0.15) is 24.0 Å². The Bertz CT molecular complexity index is 531. The summed E-state index contributed by atoms with van der Waals surface area (Å²) in [4.78, 5) is 2.15. The molecule has 116 valence electrons. The van der Waals surface area contributed by atoms with E-state index in [1.165, 1.54) is 6.07 Å². The Morgan fingerprint density at radius 1 is 1.43 bits per heavy atom. The number of hydrogen-bond acceptors (Lipinski definition) is 3. The Morgan fingerprint density at radius 3 is 2.71 bits per heavy atom. The summed E-state index contributed by atoms with van der Waals surface area (Å²) in [5.74, 6) is 0. The highest BCUT2D eigenvalue weighted by Gasteiger charge is 2.31. The SMILES string of the molecule is CN1CCCC(Nc2ccc(C(F)(F)F)cc2C(N)=S)C1. The minimum Gasteiger partial charge on any atom is -0.389 e. The van der Waals surface area contributed by atoms with E-state index in [2.05, 4.69) is 10.2 Å². The molecule has 1 aromatic carbocycles. The lowest BCUT2D eigenvalue weighted by molar-refractivity contribution is -0.137. The predicted octanol–water partition coefficient (Wildman–Crippen LogP) is 2.85. The first kappa shape index (κ1) is 16.0. The number of alkyl halides is 3. The normalized spacial score (nSPS) is 20.3. The van der Waals surface area contributed by atoms with Crippen LogP contribution in [-0.4, -0.2) is 36.1 Å².